The van der Waals surface area contributed by atoms with Crippen molar-refractivity contribution in [3.05, 3.63) is 35.0 Å². The van der Waals surface area contributed by atoms with Crippen LogP contribution in [0.4, 0.5) is 0 Å². The molecule has 1 aromatic heterocycles. The van der Waals surface area contributed by atoms with Crippen molar-refractivity contribution in [3.63, 3.8) is 0 Å². The highest BCUT2D eigenvalue weighted by Crippen LogP contribution is 2.23. The third-order valence-electron chi connectivity index (χ3n) is 2.28. The van der Waals surface area contributed by atoms with Gasteiger partial charge in [0.05, 0.1) is 11.9 Å². The van der Waals surface area contributed by atoms with E-state index in [0.29, 0.717) is 11.6 Å². The third-order valence-corrected chi connectivity index (χ3v) is 2.64. The zero-order chi connectivity index (χ0) is 10.8. The van der Waals surface area contributed by atoms with Crippen molar-refractivity contribution in [2.75, 3.05) is 0 Å². The van der Waals surface area contributed by atoms with Crippen LogP contribution in [0.2, 0.25) is 5.02 Å². The van der Waals surface area contributed by atoms with Crippen molar-refractivity contribution < 1.29 is 0 Å². The van der Waals surface area contributed by atoms with Gasteiger partial charge in [0, 0.05) is 24.2 Å². The molecule has 0 atom stereocenters. The molecule has 2 N–H and O–H groups in total. The van der Waals surface area contributed by atoms with Gasteiger partial charge in [0.2, 0.25) is 0 Å². The van der Waals surface area contributed by atoms with Gasteiger partial charge >= 0.3 is 0 Å². The molecule has 1 aromatic carbocycles. The fourth-order valence-corrected chi connectivity index (χ4v) is 1.64. The summed E-state index contributed by atoms with van der Waals surface area (Å²) in [7, 11) is 1.85. The van der Waals surface area contributed by atoms with Gasteiger partial charge in [-0.2, -0.15) is 0 Å². The summed E-state index contributed by atoms with van der Waals surface area (Å²) < 4.78 is 1.71. The number of nitrogens with zero attached hydrogens (tertiary/aromatic N) is 3. The van der Waals surface area contributed by atoms with Gasteiger partial charge in [-0.15, -0.1) is 5.10 Å². The Balaban J connectivity index is 2.51. The Morgan fingerprint density at radius 2 is 2.27 bits per heavy atom. The van der Waals surface area contributed by atoms with Crippen LogP contribution in [0, 0.1) is 0 Å². The first-order chi connectivity index (χ1) is 7.22. The zero-order valence-corrected chi connectivity index (χ0v) is 9.07. The van der Waals surface area contributed by atoms with Gasteiger partial charge in [-0.3, -0.25) is 0 Å². The molecule has 2 rings (SSSR count). The number of hydrogen-bond donors (Lipinski definition) is 1. The van der Waals surface area contributed by atoms with Crippen LogP contribution in [0.3, 0.4) is 0 Å². The van der Waals surface area contributed by atoms with Crippen molar-refractivity contribution >= 4 is 11.6 Å². The lowest BCUT2D eigenvalue weighted by molar-refractivity contribution is 0.720. The lowest BCUT2D eigenvalue weighted by Gasteiger charge is -2.05. The maximum Gasteiger partial charge on any atom is 0.0882 e. The molecule has 0 saturated heterocycles. The van der Waals surface area contributed by atoms with E-state index < -0.39 is 0 Å². The van der Waals surface area contributed by atoms with E-state index in [2.05, 4.69) is 10.3 Å². The monoisotopic (exact) mass is 222 g/mol. The van der Waals surface area contributed by atoms with E-state index in [1.807, 2.05) is 25.2 Å². The van der Waals surface area contributed by atoms with Crippen LogP contribution in [0.15, 0.2) is 24.4 Å². The van der Waals surface area contributed by atoms with Gasteiger partial charge in [-0.25, -0.2) is 4.68 Å². The molecule has 0 amide bonds. The van der Waals surface area contributed by atoms with Crippen molar-refractivity contribution in [2.24, 2.45) is 12.8 Å². The highest BCUT2D eigenvalue weighted by molar-refractivity contribution is 6.31. The van der Waals surface area contributed by atoms with Gasteiger partial charge in [-0.1, -0.05) is 22.9 Å². The Morgan fingerprint density at radius 1 is 1.47 bits per heavy atom. The first kappa shape index (κ1) is 10.1. The molecule has 0 aliphatic heterocycles. The molecule has 0 spiro atoms. The number of hydrogen-bond acceptors (Lipinski definition) is 3. The van der Waals surface area contributed by atoms with Crippen molar-refractivity contribution in [2.45, 2.75) is 6.54 Å². The van der Waals surface area contributed by atoms with E-state index in [9.17, 15) is 0 Å². The number of nitrogens with two attached hydrogens (primary N) is 1. The molecule has 0 aliphatic carbocycles. The van der Waals surface area contributed by atoms with Gasteiger partial charge in [0.25, 0.3) is 0 Å². The van der Waals surface area contributed by atoms with E-state index in [-0.39, 0.29) is 0 Å². The second-order valence-corrected chi connectivity index (χ2v) is 3.66. The molecule has 0 radical (unpaired) electrons. The molecule has 0 aliphatic rings. The number of rotatable bonds is 2. The maximum absolute atomic E-state index is 5.98. The van der Waals surface area contributed by atoms with Crippen LogP contribution in [0.25, 0.3) is 11.3 Å². The van der Waals surface area contributed by atoms with Gasteiger partial charge in [0.15, 0.2) is 0 Å². The van der Waals surface area contributed by atoms with E-state index in [1.54, 1.807) is 10.9 Å². The quantitative estimate of drug-likeness (QED) is 0.840. The SMILES string of the molecule is Cn1nncc1-c1ccc(Cl)c(CN)c1. The normalized spacial score (nSPS) is 10.6. The molecule has 1 heterocycles. The summed E-state index contributed by atoms with van der Waals surface area (Å²) in [5, 5.41) is 8.39. The smallest absolute Gasteiger partial charge is 0.0882 e. The predicted molar refractivity (Wildman–Crippen MR) is 59.3 cm³/mol. The Kier molecular flexibility index (Phi) is 2.70. The molecule has 2 aromatic rings. The fourth-order valence-electron chi connectivity index (χ4n) is 1.44. The number of halogens is 1. The number of benzene rings is 1. The van der Waals surface area contributed by atoms with Crippen molar-refractivity contribution in [1.82, 2.24) is 15.0 Å². The predicted octanol–water partition coefficient (Wildman–Crippen LogP) is 1.59. The third kappa shape index (κ3) is 1.86. The summed E-state index contributed by atoms with van der Waals surface area (Å²) in [5.41, 5.74) is 8.48. The highest BCUT2D eigenvalue weighted by Gasteiger charge is 2.06. The average molecular weight is 223 g/mol. The largest absolute Gasteiger partial charge is 0.326 e. The highest BCUT2D eigenvalue weighted by atomic mass is 35.5. The van der Waals surface area contributed by atoms with E-state index in [1.165, 1.54) is 0 Å². The molecular formula is C10H11ClN4. The van der Waals surface area contributed by atoms with Crippen LogP contribution < -0.4 is 5.73 Å². The van der Waals surface area contributed by atoms with Crippen LogP contribution in [-0.4, -0.2) is 15.0 Å². The van der Waals surface area contributed by atoms with Crippen LogP contribution >= 0.6 is 11.6 Å². The minimum absolute atomic E-state index is 0.429. The van der Waals surface area contributed by atoms with Crippen LogP contribution in [0.5, 0.6) is 0 Å². The van der Waals surface area contributed by atoms with Gasteiger partial charge in [-0.05, 0) is 17.7 Å². The minimum atomic E-state index is 0.429. The molecule has 0 saturated carbocycles. The first-order valence-electron chi connectivity index (χ1n) is 4.56. The Hall–Kier alpha value is -1.39. The summed E-state index contributed by atoms with van der Waals surface area (Å²) >= 11 is 5.98. The molecule has 4 nitrogen and oxygen atoms in total. The number of aromatic nitrogens is 3. The molecule has 0 bridgehead atoms. The minimum Gasteiger partial charge on any atom is -0.326 e. The van der Waals surface area contributed by atoms with Crippen LogP contribution in [-0.2, 0) is 13.6 Å². The summed E-state index contributed by atoms with van der Waals surface area (Å²) in [6, 6.07) is 5.73. The second-order valence-electron chi connectivity index (χ2n) is 3.25. The van der Waals surface area contributed by atoms with Crippen molar-refractivity contribution in [3.8, 4) is 11.3 Å². The fraction of sp³-hybridized carbons (Fsp3) is 0.200. The average Bonchev–Trinajstić information content (AvgIpc) is 2.65. The second kappa shape index (κ2) is 4.00. The molecule has 15 heavy (non-hydrogen) atoms. The molecule has 78 valence electrons. The standard InChI is InChI=1S/C10H11ClN4/c1-15-10(6-13-14-15)7-2-3-9(11)8(4-7)5-12/h2-4,6H,5,12H2,1H3. The lowest BCUT2D eigenvalue weighted by atomic mass is 10.1. The summed E-state index contributed by atoms with van der Waals surface area (Å²) in [4.78, 5) is 0. The number of aryl methyl sites for hydroxylation is 1. The van der Waals surface area contributed by atoms with Crippen LogP contribution in [0.1, 0.15) is 5.56 Å². The summed E-state index contributed by atoms with van der Waals surface area (Å²) in [5.74, 6) is 0. The van der Waals surface area contributed by atoms with E-state index >= 15 is 0 Å². The summed E-state index contributed by atoms with van der Waals surface area (Å²) in [6.45, 7) is 0.429. The zero-order valence-electron chi connectivity index (χ0n) is 8.31. The Labute approximate surface area is 92.7 Å². The van der Waals surface area contributed by atoms with E-state index in [0.717, 1.165) is 16.8 Å². The topological polar surface area (TPSA) is 56.7 Å². The maximum atomic E-state index is 5.98. The molecule has 0 unspecified atom stereocenters. The van der Waals surface area contributed by atoms with E-state index in [4.69, 9.17) is 17.3 Å². The molecule has 5 heteroatoms. The Bertz CT molecular complexity index is 478. The van der Waals surface area contributed by atoms with Crippen molar-refractivity contribution in [1.29, 1.82) is 0 Å². The van der Waals surface area contributed by atoms with Gasteiger partial charge in [0.1, 0.15) is 0 Å². The first-order valence-corrected chi connectivity index (χ1v) is 4.93. The molecular weight excluding hydrogens is 212 g/mol. The lowest BCUT2D eigenvalue weighted by Crippen LogP contribution is -1.99. The Morgan fingerprint density at radius 3 is 2.87 bits per heavy atom. The molecule has 0 fully saturated rings. The van der Waals surface area contributed by atoms with Gasteiger partial charge < -0.3 is 5.73 Å². The summed E-state index contributed by atoms with van der Waals surface area (Å²) in [6.07, 6.45) is 1.71.